The maximum absolute atomic E-state index is 11.7. The number of aromatic carboxylic acids is 1. The van der Waals surface area contributed by atoms with Gasteiger partial charge >= 0.3 is 5.97 Å². The molecule has 1 aromatic carbocycles. The minimum atomic E-state index is -3.43. The van der Waals surface area contributed by atoms with Crippen molar-refractivity contribution in [3.05, 3.63) is 41.7 Å². The lowest BCUT2D eigenvalue weighted by molar-refractivity contribution is 0.0696. The highest BCUT2D eigenvalue weighted by molar-refractivity contribution is 7.89. The fraction of sp³-hybridized carbons (Fsp3) is 0.231. The van der Waals surface area contributed by atoms with Crippen molar-refractivity contribution in [3.63, 3.8) is 0 Å². The summed E-state index contributed by atoms with van der Waals surface area (Å²) in [6.45, 7) is 3.24. The van der Waals surface area contributed by atoms with Gasteiger partial charge in [0.2, 0.25) is 0 Å². The van der Waals surface area contributed by atoms with E-state index in [4.69, 9.17) is 5.11 Å². The van der Waals surface area contributed by atoms with Crippen LogP contribution in [-0.4, -0.2) is 34.4 Å². The summed E-state index contributed by atoms with van der Waals surface area (Å²) in [5, 5.41) is 12.9. The molecule has 2 rings (SSSR count). The summed E-state index contributed by atoms with van der Waals surface area (Å²) in [5.41, 5.74) is 2.01. The lowest BCUT2D eigenvalue weighted by Gasteiger charge is -2.03. The number of rotatable bonds is 4. The van der Waals surface area contributed by atoms with Crippen molar-refractivity contribution in [2.45, 2.75) is 13.8 Å². The minimum absolute atomic E-state index is 0.0532. The summed E-state index contributed by atoms with van der Waals surface area (Å²) < 4.78 is 24.3. The van der Waals surface area contributed by atoms with Crippen LogP contribution in [-0.2, 0) is 10.0 Å². The Kier molecular flexibility index (Phi) is 3.63. The third-order valence-corrected chi connectivity index (χ3v) is 4.51. The second-order valence-electron chi connectivity index (χ2n) is 4.34. The molecule has 0 unspecified atom stereocenters. The molecule has 1 N–H and O–H groups in total. The summed E-state index contributed by atoms with van der Waals surface area (Å²) in [6.07, 6.45) is 2.79. The van der Waals surface area contributed by atoms with E-state index in [1.54, 1.807) is 19.1 Å². The van der Waals surface area contributed by atoms with Gasteiger partial charge in [0.1, 0.15) is 0 Å². The van der Waals surface area contributed by atoms with E-state index in [-0.39, 0.29) is 11.3 Å². The zero-order chi connectivity index (χ0) is 14.9. The van der Waals surface area contributed by atoms with Gasteiger partial charge in [-0.05, 0) is 31.0 Å². The third kappa shape index (κ3) is 2.57. The van der Waals surface area contributed by atoms with E-state index in [0.29, 0.717) is 16.7 Å². The van der Waals surface area contributed by atoms with Gasteiger partial charge in [-0.25, -0.2) is 13.2 Å². The van der Waals surface area contributed by atoms with Gasteiger partial charge in [-0.2, -0.15) is 9.19 Å². The maximum atomic E-state index is 11.7. The van der Waals surface area contributed by atoms with Crippen LogP contribution in [0.2, 0.25) is 0 Å². The largest absolute Gasteiger partial charge is 0.478 e. The van der Waals surface area contributed by atoms with Crippen LogP contribution < -0.4 is 0 Å². The van der Waals surface area contributed by atoms with E-state index in [0.717, 1.165) is 4.09 Å². The summed E-state index contributed by atoms with van der Waals surface area (Å²) >= 11 is 0. The highest BCUT2D eigenvalue weighted by Gasteiger charge is 2.14. The molecule has 0 fully saturated rings. The van der Waals surface area contributed by atoms with Gasteiger partial charge in [0, 0.05) is 5.56 Å². The number of benzene rings is 1. The lowest BCUT2D eigenvalue weighted by atomic mass is 10.0. The number of carbonyl (C=O) groups is 1. The van der Waals surface area contributed by atoms with E-state index >= 15 is 0 Å². The Morgan fingerprint density at radius 1 is 1.35 bits per heavy atom. The molecule has 0 spiro atoms. The quantitative estimate of drug-likeness (QED) is 0.928. The van der Waals surface area contributed by atoms with Crippen molar-refractivity contribution in [3.8, 4) is 11.1 Å². The number of aromatic nitrogens is 2. The van der Waals surface area contributed by atoms with Crippen molar-refractivity contribution in [2.24, 2.45) is 0 Å². The number of carboxylic acids is 1. The highest BCUT2D eigenvalue weighted by Crippen LogP contribution is 2.22. The fourth-order valence-electron chi connectivity index (χ4n) is 1.77. The van der Waals surface area contributed by atoms with Crippen LogP contribution in [0.15, 0.2) is 30.6 Å². The monoisotopic (exact) mass is 294 g/mol. The van der Waals surface area contributed by atoms with Crippen molar-refractivity contribution in [1.29, 1.82) is 0 Å². The zero-order valence-corrected chi connectivity index (χ0v) is 11.9. The highest BCUT2D eigenvalue weighted by atomic mass is 32.2. The molecule has 0 atom stereocenters. The van der Waals surface area contributed by atoms with E-state index in [1.165, 1.54) is 25.4 Å². The Morgan fingerprint density at radius 3 is 2.65 bits per heavy atom. The Bertz CT molecular complexity index is 762. The molecule has 0 amide bonds. The predicted molar refractivity (Wildman–Crippen MR) is 74.2 cm³/mol. The maximum Gasteiger partial charge on any atom is 0.335 e. The van der Waals surface area contributed by atoms with Gasteiger partial charge in [0.05, 0.1) is 23.7 Å². The van der Waals surface area contributed by atoms with Gasteiger partial charge in [-0.15, -0.1) is 0 Å². The van der Waals surface area contributed by atoms with Gasteiger partial charge in [-0.3, -0.25) is 0 Å². The Hall–Kier alpha value is -2.15. The Labute approximate surface area is 116 Å². The van der Waals surface area contributed by atoms with Crippen LogP contribution >= 0.6 is 0 Å². The van der Waals surface area contributed by atoms with Gasteiger partial charge in [0.25, 0.3) is 10.0 Å². The van der Waals surface area contributed by atoms with Crippen molar-refractivity contribution in [2.75, 3.05) is 5.75 Å². The first-order chi connectivity index (χ1) is 9.35. The van der Waals surface area contributed by atoms with Gasteiger partial charge < -0.3 is 5.11 Å². The zero-order valence-electron chi connectivity index (χ0n) is 11.1. The molecule has 0 bridgehead atoms. The summed E-state index contributed by atoms with van der Waals surface area (Å²) in [6, 6.07) is 4.93. The molecule has 106 valence electrons. The molecule has 1 aromatic heterocycles. The predicted octanol–water partition coefficient (Wildman–Crippen LogP) is 1.75. The minimum Gasteiger partial charge on any atom is -0.478 e. The molecule has 0 radical (unpaired) electrons. The first-order valence-corrected chi connectivity index (χ1v) is 7.58. The second kappa shape index (κ2) is 5.09. The molecule has 6 nitrogen and oxygen atoms in total. The van der Waals surface area contributed by atoms with Gasteiger partial charge in [0.15, 0.2) is 0 Å². The van der Waals surface area contributed by atoms with E-state index in [9.17, 15) is 13.2 Å². The second-order valence-corrected chi connectivity index (χ2v) is 6.45. The van der Waals surface area contributed by atoms with Crippen molar-refractivity contribution >= 4 is 16.0 Å². The fourth-order valence-corrected chi connectivity index (χ4v) is 2.50. The molecule has 0 aliphatic carbocycles. The Balaban J connectivity index is 2.48. The molecular formula is C13H14N2O4S. The van der Waals surface area contributed by atoms with Crippen LogP contribution in [0.1, 0.15) is 22.8 Å². The number of carboxylic acid groups (broad SMARTS) is 1. The molecule has 7 heteroatoms. The molecule has 2 aromatic rings. The molecule has 0 aliphatic heterocycles. The average Bonchev–Trinajstić information content (AvgIpc) is 2.89. The van der Waals surface area contributed by atoms with Gasteiger partial charge in [-0.1, -0.05) is 12.1 Å². The first-order valence-electron chi connectivity index (χ1n) is 5.97. The van der Waals surface area contributed by atoms with Crippen LogP contribution in [0, 0.1) is 6.92 Å². The van der Waals surface area contributed by atoms with Crippen LogP contribution in [0.3, 0.4) is 0 Å². The third-order valence-electron chi connectivity index (χ3n) is 3.01. The van der Waals surface area contributed by atoms with Crippen LogP contribution in [0.25, 0.3) is 11.1 Å². The van der Waals surface area contributed by atoms with E-state index in [1.807, 2.05) is 0 Å². The molecule has 0 saturated heterocycles. The molecule has 0 saturated carbocycles. The van der Waals surface area contributed by atoms with Crippen LogP contribution in [0.4, 0.5) is 0 Å². The van der Waals surface area contributed by atoms with E-state index < -0.39 is 16.0 Å². The normalized spacial score (nSPS) is 11.5. The standard InChI is InChI=1S/C13H14N2O4S/c1-3-20(18,19)15-8-11(7-14-15)10-5-4-9(2)12(6-10)13(16)17/h4-8H,3H2,1-2H3,(H,16,17). The summed E-state index contributed by atoms with van der Waals surface area (Å²) in [4.78, 5) is 11.1. The average molecular weight is 294 g/mol. The number of nitrogens with zero attached hydrogens (tertiary/aromatic N) is 2. The van der Waals surface area contributed by atoms with Crippen molar-refractivity contribution in [1.82, 2.24) is 9.19 Å². The summed E-state index contributed by atoms with van der Waals surface area (Å²) in [7, 11) is -3.43. The molecular weight excluding hydrogens is 280 g/mol. The SMILES string of the molecule is CCS(=O)(=O)n1cc(-c2ccc(C)c(C(=O)O)c2)cn1. The van der Waals surface area contributed by atoms with Crippen LogP contribution in [0.5, 0.6) is 0 Å². The number of hydrogen-bond acceptors (Lipinski definition) is 4. The topological polar surface area (TPSA) is 89.3 Å². The number of hydrogen-bond donors (Lipinski definition) is 1. The lowest BCUT2D eigenvalue weighted by Crippen LogP contribution is -2.14. The molecule has 1 heterocycles. The first kappa shape index (κ1) is 14.3. The van der Waals surface area contributed by atoms with E-state index in [2.05, 4.69) is 5.10 Å². The van der Waals surface area contributed by atoms with Crippen molar-refractivity contribution < 1.29 is 18.3 Å². The smallest absolute Gasteiger partial charge is 0.335 e. The number of aryl methyl sites for hydroxylation is 1. The molecule has 20 heavy (non-hydrogen) atoms. The molecule has 0 aliphatic rings. The Morgan fingerprint density at radius 2 is 2.05 bits per heavy atom. The summed E-state index contributed by atoms with van der Waals surface area (Å²) in [5.74, 6) is -1.07.